The van der Waals surface area contributed by atoms with Crippen LogP contribution in [0.3, 0.4) is 0 Å². The second-order valence-corrected chi connectivity index (χ2v) is 11.2. The van der Waals surface area contributed by atoms with Crippen LogP contribution < -0.4 is 11.1 Å². The van der Waals surface area contributed by atoms with E-state index in [2.05, 4.69) is 25.2 Å². The maximum Gasteiger partial charge on any atom is 0.162 e. The Morgan fingerprint density at radius 1 is 1.14 bits per heavy atom. The molecule has 0 amide bonds. The first-order valence-electron chi connectivity index (χ1n) is 11.8. The van der Waals surface area contributed by atoms with E-state index in [9.17, 15) is 14.4 Å². The number of nitrogens with zero attached hydrogens (tertiary/aromatic N) is 2. The molecule has 0 spiro atoms. The Morgan fingerprint density at radius 2 is 1.86 bits per heavy atom. The standard InChI is InChI=1S/C29H23FN4OS/c1-29(2)12-19-22(20(35)13-29)21(15-8-10-17(30)11-9-15)23-26-27(36-28(23)33-19)24(32)18(14-31)25(34-26)16-6-4-3-5-7-16/h3-11,21,33H,12-13H2,1-2H3,(H2,32,34). The molecular weight excluding hydrogens is 471 g/mol. The van der Waals surface area contributed by atoms with Gasteiger partial charge in [0, 0.05) is 34.7 Å². The van der Waals surface area contributed by atoms with Crippen molar-refractivity contribution in [2.45, 2.75) is 32.6 Å². The highest BCUT2D eigenvalue weighted by Crippen LogP contribution is 2.54. The normalized spacial score (nSPS) is 18.4. The number of fused-ring (bicyclic) bond motifs is 3. The molecule has 0 saturated carbocycles. The van der Waals surface area contributed by atoms with E-state index >= 15 is 0 Å². The number of thiophene rings is 1. The third kappa shape index (κ3) is 3.41. The average molecular weight is 495 g/mol. The Kier molecular flexibility index (Phi) is 4.99. The number of ketones is 1. The fourth-order valence-electron chi connectivity index (χ4n) is 5.47. The molecule has 6 rings (SSSR count). The van der Waals surface area contributed by atoms with Crippen molar-refractivity contribution in [3.05, 3.63) is 88.4 Å². The van der Waals surface area contributed by atoms with Crippen LogP contribution in [0.4, 0.5) is 15.1 Å². The summed E-state index contributed by atoms with van der Waals surface area (Å²) in [6, 6.07) is 18.1. The van der Waals surface area contributed by atoms with Gasteiger partial charge in [-0.25, -0.2) is 9.37 Å². The van der Waals surface area contributed by atoms with E-state index in [1.807, 2.05) is 30.3 Å². The first kappa shape index (κ1) is 22.4. The van der Waals surface area contributed by atoms with Crippen molar-refractivity contribution in [3.8, 4) is 17.3 Å². The lowest BCUT2D eigenvalue weighted by molar-refractivity contribution is -0.118. The largest absolute Gasteiger partial charge is 0.396 e. The molecule has 1 unspecified atom stereocenters. The zero-order valence-electron chi connectivity index (χ0n) is 19.9. The van der Waals surface area contributed by atoms with Crippen LogP contribution in [0.5, 0.6) is 0 Å². The van der Waals surface area contributed by atoms with E-state index in [0.29, 0.717) is 39.2 Å². The van der Waals surface area contributed by atoms with Crippen LogP contribution >= 0.6 is 11.3 Å². The lowest BCUT2D eigenvalue weighted by atomic mass is 9.69. The molecule has 1 atom stereocenters. The highest BCUT2D eigenvalue weighted by molar-refractivity contribution is 7.23. The monoisotopic (exact) mass is 494 g/mol. The van der Waals surface area contributed by atoms with Crippen molar-refractivity contribution in [2.75, 3.05) is 11.1 Å². The van der Waals surface area contributed by atoms with Gasteiger partial charge in [0.1, 0.15) is 17.4 Å². The molecule has 0 radical (unpaired) electrons. The fraction of sp³-hybridized carbons (Fsp3) is 0.207. The Labute approximate surface area is 212 Å². The molecule has 4 aromatic rings. The topological polar surface area (TPSA) is 91.8 Å². The molecule has 36 heavy (non-hydrogen) atoms. The quantitative estimate of drug-likeness (QED) is 0.321. The number of benzene rings is 2. The first-order valence-corrected chi connectivity index (χ1v) is 12.6. The van der Waals surface area contributed by atoms with Gasteiger partial charge in [-0.1, -0.05) is 56.3 Å². The number of Topliss-reactive ketones (excluding diaryl/α,β-unsaturated/α-hetero) is 1. The van der Waals surface area contributed by atoms with Gasteiger partial charge in [0.25, 0.3) is 0 Å². The fourth-order valence-corrected chi connectivity index (χ4v) is 6.63. The van der Waals surface area contributed by atoms with Crippen molar-refractivity contribution in [3.63, 3.8) is 0 Å². The summed E-state index contributed by atoms with van der Waals surface area (Å²) in [5, 5.41) is 14.4. The van der Waals surface area contributed by atoms with E-state index in [4.69, 9.17) is 10.7 Å². The highest BCUT2D eigenvalue weighted by Gasteiger charge is 2.42. The smallest absolute Gasteiger partial charge is 0.162 e. The molecule has 2 aromatic carbocycles. The maximum absolute atomic E-state index is 13.9. The van der Waals surface area contributed by atoms with E-state index in [0.717, 1.165) is 33.8 Å². The molecule has 5 nitrogen and oxygen atoms in total. The molecule has 0 bridgehead atoms. The summed E-state index contributed by atoms with van der Waals surface area (Å²) in [7, 11) is 0. The average Bonchev–Trinajstić information content (AvgIpc) is 3.21. The summed E-state index contributed by atoms with van der Waals surface area (Å²) >= 11 is 1.45. The summed E-state index contributed by atoms with van der Waals surface area (Å²) in [6.45, 7) is 4.18. The number of hydrogen-bond acceptors (Lipinski definition) is 6. The lowest BCUT2D eigenvalue weighted by Gasteiger charge is -2.38. The van der Waals surface area contributed by atoms with Gasteiger partial charge in [-0.2, -0.15) is 5.26 Å². The molecule has 2 aromatic heterocycles. The predicted octanol–water partition coefficient (Wildman–Crippen LogP) is 6.76. The van der Waals surface area contributed by atoms with Crippen LogP contribution in [0.25, 0.3) is 21.5 Å². The lowest BCUT2D eigenvalue weighted by Crippen LogP contribution is -2.33. The van der Waals surface area contributed by atoms with Crippen molar-refractivity contribution in [2.24, 2.45) is 5.41 Å². The number of pyridine rings is 1. The predicted molar refractivity (Wildman–Crippen MR) is 141 cm³/mol. The number of nitrogens with two attached hydrogens (primary N) is 1. The van der Waals surface area contributed by atoms with Crippen LogP contribution in [0.15, 0.2) is 65.9 Å². The maximum atomic E-state index is 13.9. The number of nitrogen functional groups attached to an aromatic ring is 1. The number of halogens is 1. The zero-order valence-corrected chi connectivity index (χ0v) is 20.7. The summed E-state index contributed by atoms with van der Waals surface area (Å²) < 4.78 is 14.6. The second-order valence-electron chi connectivity index (χ2n) is 10.2. The van der Waals surface area contributed by atoms with Crippen molar-refractivity contribution >= 4 is 38.0 Å². The number of carbonyl (C=O) groups excluding carboxylic acids is 1. The van der Waals surface area contributed by atoms with Gasteiger partial charge in [-0.05, 0) is 29.5 Å². The van der Waals surface area contributed by atoms with Crippen molar-refractivity contribution in [1.82, 2.24) is 4.98 Å². The molecule has 178 valence electrons. The van der Waals surface area contributed by atoms with Crippen molar-refractivity contribution in [1.29, 1.82) is 5.26 Å². The Bertz CT molecular complexity index is 1630. The van der Waals surface area contributed by atoms with E-state index < -0.39 is 5.92 Å². The molecule has 7 heteroatoms. The van der Waals surface area contributed by atoms with Gasteiger partial charge in [0.05, 0.1) is 26.6 Å². The third-order valence-corrected chi connectivity index (χ3v) is 8.16. The molecule has 0 saturated heterocycles. The van der Waals surface area contributed by atoms with Crippen LogP contribution in [0, 0.1) is 22.6 Å². The zero-order chi connectivity index (χ0) is 25.2. The Morgan fingerprint density at radius 3 is 2.56 bits per heavy atom. The van der Waals surface area contributed by atoms with Gasteiger partial charge < -0.3 is 11.1 Å². The molecular formula is C29H23FN4OS. The number of nitrogens with one attached hydrogen (secondary N) is 1. The minimum Gasteiger partial charge on any atom is -0.396 e. The Hall–Kier alpha value is -4.02. The van der Waals surface area contributed by atoms with Crippen molar-refractivity contribution < 1.29 is 9.18 Å². The van der Waals surface area contributed by atoms with Gasteiger partial charge in [-0.15, -0.1) is 11.3 Å². The van der Waals surface area contributed by atoms with Gasteiger partial charge in [0.15, 0.2) is 5.78 Å². The molecule has 0 fully saturated rings. The minimum absolute atomic E-state index is 0.0815. The number of aromatic nitrogens is 1. The summed E-state index contributed by atoms with van der Waals surface area (Å²) in [5.41, 5.74) is 12.4. The van der Waals surface area contributed by atoms with E-state index in [-0.39, 0.29) is 17.0 Å². The number of hydrogen-bond donors (Lipinski definition) is 2. The number of anilines is 2. The Balaban J connectivity index is 1.67. The van der Waals surface area contributed by atoms with Gasteiger partial charge in [-0.3, -0.25) is 4.79 Å². The molecule has 1 aliphatic heterocycles. The van der Waals surface area contributed by atoms with Crippen LogP contribution in [0.2, 0.25) is 0 Å². The minimum atomic E-state index is -0.405. The third-order valence-electron chi connectivity index (χ3n) is 7.02. The number of rotatable bonds is 2. The summed E-state index contributed by atoms with van der Waals surface area (Å²) in [6.07, 6.45) is 1.16. The number of carbonyl (C=O) groups is 1. The van der Waals surface area contributed by atoms with Crippen LogP contribution in [-0.2, 0) is 4.79 Å². The SMILES string of the molecule is CC1(C)CC(=O)C2=C(C1)Nc1sc3c(N)c(C#N)c(-c4ccccc4)nc3c1C2c1ccc(F)cc1. The molecule has 2 aliphatic rings. The van der Waals surface area contributed by atoms with Gasteiger partial charge >= 0.3 is 0 Å². The second kappa shape index (κ2) is 8.00. The van der Waals surface area contributed by atoms with Crippen LogP contribution in [0.1, 0.15) is 49.3 Å². The molecule has 3 N–H and O–H groups in total. The summed E-state index contributed by atoms with van der Waals surface area (Å²) in [4.78, 5) is 18.6. The van der Waals surface area contributed by atoms with E-state index in [1.165, 1.54) is 23.5 Å². The first-order chi connectivity index (χ1) is 17.3. The molecule has 3 heterocycles. The number of nitriles is 1. The summed E-state index contributed by atoms with van der Waals surface area (Å²) in [5.74, 6) is -0.656. The molecule has 1 aliphatic carbocycles. The highest BCUT2D eigenvalue weighted by atomic mass is 32.1. The van der Waals surface area contributed by atoms with Gasteiger partial charge in [0.2, 0.25) is 0 Å². The number of allylic oxidation sites excluding steroid dienone is 2. The van der Waals surface area contributed by atoms with Crippen LogP contribution in [-0.4, -0.2) is 10.8 Å². The van der Waals surface area contributed by atoms with E-state index in [1.54, 1.807) is 12.1 Å².